The highest BCUT2D eigenvalue weighted by atomic mass is 16.3. The average Bonchev–Trinajstić information content (AvgIpc) is 2.90. The molecule has 0 unspecified atom stereocenters. The van der Waals surface area contributed by atoms with Crippen LogP contribution in [0.2, 0.25) is 0 Å². The molecule has 0 bridgehead atoms. The fourth-order valence-corrected chi connectivity index (χ4v) is 3.35. The molecule has 27 heavy (non-hydrogen) atoms. The van der Waals surface area contributed by atoms with Gasteiger partial charge in [-0.1, -0.05) is 0 Å². The second-order valence-corrected chi connectivity index (χ2v) is 6.60. The molecule has 0 aliphatic carbocycles. The fraction of sp³-hybridized carbons (Fsp3) is 0.300. The first-order chi connectivity index (χ1) is 13.1. The second kappa shape index (κ2) is 7.19. The molecule has 138 valence electrons. The van der Waals surface area contributed by atoms with Crippen molar-refractivity contribution >= 4 is 22.9 Å². The van der Waals surface area contributed by atoms with Crippen LogP contribution in [0.15, 0.2) is 47.1 Å². The second-order valence-electron chi connectivity index (χ2n) is 6.60. The smallest absolute Gasteiger partial charge is 0.255 e. The summed E-state index contributed by atoms with van der Waals surface area (Å²) >= 11 is 0. The van der Waals surface area contributed by atoms with Gasteiger partial charge in [-0.2, -0.15) is 0 Å². The summed E-state index contributed by atoms with van der Waals surface area (Å²) in [6, 6.07) is 8.83. The zero-order chi connectivity index (χ0) is 18.8. The number of amides is 2. The van der Waals surface area contributed by atoms with Crippen LogP contribution in [0.25, 0.3) is 11.1 Å². The highest BCUT2D eigenvalue weighted by Gasteiger charge is 2.24. The Morgan fingerprint density at radius 3 is 2.44 bits per heavy atom. The van der Waals surface area contributed by atoms with Crippen molar-refractivity contribution in [2.75, 3.05) is 26.2 Å². The Morgan fingerprint density at radius 1 is 1.00 bits per heavy atom. The molecule has 1 aromatic carbocycles. The van der Waals surface area contributed by atoms with Gasteiger partial charge in [0.2, 0.25) is 0 Å². The third kappa shape index (κ3) is 3.53. The van der Waals surface area contributed by atoms with Crippen molar-refractivity contribution in [2.45, 2.75) is 13.3 Å². The van der Waals surface area contributed by atoms with Crippen molar-refractivity contribution in [2.24, 2.45) is 0 Å². The van der Waals surface area contributed by atoms with E-state index < -0.39 is 0 Å². The fourth-order valence-electron chi connectivity index (χ4n) is 3.35. The van der Waals surface area contributed by atoms with E-state index in [1.165, 1.54) is 0 Å². The Balaban J connectivity index is 1.47. The van der Waals surface area contributed by atoms with Crippen LogP contribution < -0.4 is 0 Å². The number of carbonyl (C=O) groups excluding carboxylic acids is 2. The van der Waals surface area contributed by atoms with Crippen molar-refractivity contribution in [1.82, 2.24) is 19.8 Å². The predicted molar refractivity (Wildman–Crippen MR) is 99.4 cm³/mol. The minimum absolute atomic E-state index is 0.0454. The van der Waals surface area contributed by atoms with Crippen molar-refractivity contribution in [3.63, 3.8) is 0 Å². The van der Waals surface area contributed by atoms with Gasteiger partial charge in [-0.25, -0.2) is 4.98 Å². The number of fused-ring (bicyclic) bond motifs is 1. The summed E-state index contributed by atoms with van der Waals surface area (Å²) < 4.78 is 5.53. The molecule has 7 heteroatoms. The van der Waals surface area contributed by atoms with Gasteiger partial charge in [-0.15, -0.1) is 0 Å². The van der Waals surface area contributed by atoms with E-state index in [1.54, 1.807) is 59.4 Å². The molecule has 4 rings (SSSR count). The van der Waals surface area contributed by atoms with Crippen LogP contribution in [-0.4, -0.2) is 57.8 Å². The maximum Gasteiger partial charge on any atom is 0.255 e. The standard InChI is InChI=1S/C20H20N4O3/c1-14-22-17-6-5-15(12-18(17)27-14)19(25)23-8-3-9-24(11-10-23)20(26)16-4-2-7-21-13-16/h2,4-7,12-13H,3,8-11H2,1H3. The predicted octanol–water partition coefficient (Wildman–Crippen LogP) is 2.52. The van der Waals surface area contributed by atoms with Crippen LogP contribution >= 0.6 is 0 Å². The van der Waals surface area contributed by atoms with Crippen molar-refractivity contribution in [3.05, 3.63) is 59.7 Å². The summed E-state index contributed by atoms with van der Waals surface area (Å²) in [7, 11) is 0. The van der Waals surface area contributed by atoms with Crippen molar-refractivity contribution in [1.29, 1.82) is 0 Å². The lowest BCUT2D eigenvalue weighted by molar-refractivity contribution is 0.0718. The molecule has 1 fully saturated rings. The highest BCUT2D eigenvalue weighted by molar-refractivity contribution is 5.97. The quantitative estimate of drug-likeness (QED) is 0.698. The van der Waals surface area contributed by atoms with Gasteiger partial charge in [0.25, 0.3) is 11.8 Å². The van der Waals surface area contributed by atoms with Crippen LogP contribution in [0.1, 0.15) is 33.0 Å². The first-order valence-electron chi connectivity index (χ1n) is 8.97. The zero-order valence-electron chi connectivity index (χ0n) is 15.1. The van der Waals surface area contributed by atoms with E-state index in [-0.39, 0.29) is 11.8 Å². The van der Waals surface area contributed by atoms with Gasteiger partial charge in [-0.3, -0.25) is 14.6 Å². The van der Waals surface area contributed by atoms with Gasteiger partial charge in [0.05, 0.1) is 5.56 Å². The molecule has 0 spiro atoms. The summed E-state index contributed by atoms with van der Waals surface area (Å²) in [5.41, 5.74) is 2.50. The van der Waals surface area contributed by atoms with Gasteiger partial charge in [-0.05, 0) is 36.8 Å². The molecule has 1 aliphatic rings. The van der Waals surface area contributed by atoms with Crippen LogP contribution in [0.4, 0.5) is 0 Å². The number of benzene rings is 1. The first kappa shape index (κ1) is 17.2. The van der Waals surface area contributed by atoms with E-state index in [4.69, 9.17) is 4.42 Å². The van der Waals surface area contributed by atoms with E-state index in [2.05, 4.69) is 9.97 Å². The number of aromatic nitrogens is 2. The highest BCUT2D eigenvalue weighted by Crippen LogP contribution is 2.19. The third-order valence-electron chi connectivity index (χ3n) is 4.72. The van der Waals surface area contributed by atoms with Crippen LogP contribution in [0.5, 0.6) is 0 Å². The molecule has 0 radical (unpaired) electrons. The summed E-state index contributed by atoms with van der Waals surface area (Å²) in [5.74, 6) is 0.478. The summed E-state index contributed by atoms with van der Waals surface area (Å²) in [6.45, 7) is 4.02. The maximum atomic E-state index is 12.9. The summed E-state index contributed by atoms with van der Waals surface area (Å²) in [5, 5.41) is 0. The average molecular weight is 364 g/mol. The Hall–Kier alpha value is -3.22. The Labute approximate surface area is 156 Å². The number of pyridine rings is 1. The Bertz CT molecular complexity index is 983. The molecule has 0 N–H and O–H groups in total. The number of hydrogen-bond acceptors (Lipinski definition) is 5. The number of nitrogens with zero attached hydrogens (tertiary/aromatic N) is 4. The molecule has 3 aromatic rings. The summed E-state index contributed by atoms with van der Waals surface area (Å²) in [4.78, 5) is 37.4. The first-order valence-corrected chi connectivity index (χ1v) is 8.97. The molecular weight excluding hydrogens is 344 g/mol. The van der Waals surface area contributed by atoms with Crippen molar-refractivity contribution in [3.8, 4) is 0 Å². The van der Waals surface area contributed by atoms with E-state index in [0.717, 1.165) is 11.9 Å². The summed E-state index contributed by atoms with van der Waals surface area (Å²) in [6.07, 6.45) is 3.96. The van der Waals surface area contributed by atoms with E-state index in [9.17, 15) is 9.59 Å². The Morgan fingerprint density at radius 2 is 1.74 bits per heavy atom. The largest absolute Gasteiger partial charge is 0.441 e. The van der Waals surface area contributed by atoms with E-state index in [1.807, 2.05) is 0 Å². The number of carbonyl (C=O) groups is 2. The lowest BCUT2D eigenvalue weighted by Crippen LogP contribution is -2.37. The number of rotatable bonds is 2. The molecule has 2 amide bonds. The molecule has 3 heterocycles. The molecule has 7 nitrogen and oxygen atoms in total. The van der Waals surface area contributed by atoms with Gasteiger partial charge < -0.3 is 14.2 Å². The molecule has 1 saturated heterocycles. The zero-order valence-corrected chi connectivity index (χ0v) is 15.1. The van der Waals surface area contributed by atoms with Crippen LogP contribution in [-0.2, 0) is 0 Å². The van der Waals surface area contributed by atoms with E-state index >= 15 is 0 Å². The molecule has 1 aliphatic heterocycles. The lowest BCUT2D eigenvalue weighted by Gasteiger charge is -2.22. The Kier molecular flexibility index (Phi) is 4.58. The molecule has 2 aromatic heterocycles. The van der Waals surface area contributed by atoms with Crippen molar-refractivity contribution < 1.29 is 14.0 Å². The minimum atomic E-state index is -0.0540. The van der Waals surface area contributed by atoms with Gasteiger partial charge in [0.1, 0.15) is 5.52 Å². The molecular formula is C20H20N4O3. The van der Waals surface area contributed by atoms with Crippen LogP contribution in [0.3, 0.4) is 0 Å². The normalized spacial score (nSPS) is 15.0. The number of hydrogen-bond donors (Lipinski definition) is 0. The number of aryl methyl sites for hydroxylation is 1. The SMILES string of the molecule is Cc1nc2ccc(C(=O)N3CCCN(C(=O)c4cccnc4)CC3)cc2o1. The number of oxazole rings is 1. The molecule has 0 atom stereocenters. The van der Waals surface area contributed by atoms with Gasteiger partial charge in [0, 0.05) is 51.1 Å². The van der Waals surface area contributed by atoms with Gasteiger partial charge in [0.15, 0.2) is 11.5 Å². The van der Waals surface area contributed by atoms with E-state index in [0.29, 0.717) is 48.8 Å². The molecule has 0 saturated carbocycles. The minimum Gasteiger partial charge on any atom is -0.441 e. The monoisotopic (exact) mass is 364 g/mol. The maximum absolute atomic E-state index is 12.9. The van der Waals surface area contributed by atoms with Crippen LogP contribution in [0, 0.1) is 6.92 Å². The topological polar surface area (TPSA) is 79.5 Å². The third-order valence-corrected chi connectivity index (χ3v) is 4.72. The van der Waals surface area contributed by atoms with Gasteiger partial charge >= 0.3 is 0 Å². The lowest BCUT2D eigenvalue weighted by atomic mass is 10.1.